The maximum atomic E-state index is 12.8. The van der Waals surface area contributed by atoms with Crippen molar-refractivity contribution in [1.82, 2.24) is 0 Å². The molecule has 0 rings (SSSR count). The van der Waals surface area contributed by atoms with Crippen molar-refractivity contribution in [3.63, 3.8) is 0 Å². The van der Waals surface area contributed by atoms with Gasteiger partial charge < -0.3 is 14.2 Å². The van der Waals surface area contributed by atoms with Crippen LogP contribution in [0.25, 0.3) is 0 Å². The van der Waals surface area contributed by atoms with Gasteiger partial charge in [-0.3, -0.25) is 14.4 Å². The van der Waals surface area contributed by atoms with Crippen molar-refractivity contribution in [1.29, 1.82) is 0 Å². The van der Waals surface area contributed by atoms with Crippen LogP contribution < -0.4 is 0 Å². The van der Waals surface area contributed by atoms with Gasteiger partial charge in [0, 0.05) is 19.3 Å². The molecular weight excluding hydrogens is 805 g/mol. The van der Waals surface area contributed by atoms with E-state index >= 15 is 0 Å². The zero-order valence-corrected chi connectivity index (χ0v) is 42.0. The van der Waals surface area contributed by atoms with Gasteiger partial charge in [-0.1, -0.05) is 201 Å². The Morgan fingerprint density at radius 2 is 0.600 bits per heavy atom. The number of unbranched alkanes of at least 4 members (excludes halogenated alkanes) is 17. The lowest BCUT2D eigenvalue weighted by molar-refractivity contribution is -0.167. The summed E-state index contributed by atoms with van der Waals surface area (Å²) < 4.78 is 16.8. The monoisotopic (exact) mass is 901 g/mol. The highest BCUT2D eigenvalue weighted by Gasteiger charge is 2.19. The molecule has 0 aliphatic carbocycles. The molecule has 0 aliphatic heterocycles. The Morgan fingerprint density at radius 3 is 0.938 bits per heavy atom. The Kier molecular flexibility index (Phi) is 49.5. The average Bonchev–Trinajstić information content (AvgIpc) is 3.30. The van der Waals surface area contributed by atoms with E-state index in [1.165, 1.54) is 19.3 Å². The Labute approximate surface area is 400 Å². The minimum atomic E-state index is -0.801. The zero-order valence-electron chi connectivity index (χ0n) is 42.0. The maximum absolute atomic E-state index is 12.8. The molecule has 65 heavy (non-hydrogen) atoms. The molecule has 368 valence electrons. The second kappa shape index (κ2) is 52.7. The van der Waals surface area contributed by atoms with Gasteiger partial charge in [0.15, 0.2) is 6.10 Å². The second-order valence-corrected chi connectivity index (χ2v) is 17.0. The Bertz CT molecular complexity index is 1360. The van der Waals surface area contributed by atoms with Crippen LogP contribution in [-0.4, -0.2) is 37.2 Å². The molecule has 0 bridgehead atoms. The summed E-state index contributed by atoms with van der Waals surface area (Å²) in [4.78, 5) is 38.0. The van der Waals surface area contributed by atoms with Crippen LogP contribution in [0.4, 0.5) is 0 Å². The van der Waals surface area contributed by atoms with Gasteiger partial charge in [0.2, 0.25) is 0 Å². The van der Waals surface area contributed by atoms with Crippen molar-refractivity contribution >= 4 is 17.9 Å². The first-order chi connectivity index (χ1) is 32.0. The van der Waals surface area contributed by atoms with E-state index in [4.69, 9.17) is 14.2 Å². The smallest absolute Gasteiger partial charge is 0.306 e. The molecule has 6 nitrogen and oxygen atoms in total. The highest BCUT2D eigenvalue weighted by molar-refractivity contribution is 5.71. The molecule has 1 atom stereocenters. The molecule has 1 unspecified atom stereocenters. The van der Waals surface area contributed by atoms with Crippen molar-refractivity contribution < 1.29 is 28.6 Å². The van der Waals surface area contributed by atoms with E-state index in [-0.39, 0.29) is 31.1 Å². The fourth-order valence-corrected chi connectivity index (χ4v) is 6.84. The van der Waals surface area contributed by atoms with Crippen LogP contribution in [0.1, 0.15) is 226 Å². The summed E-state index contributed by atoms with van der Waals surface area (Å²) in [6.45, 7) is 6.30. The van der Waals surface area contributed by atoms with E-state index in [1.807, 2.05) is 0 Å². The van der Waals surface area contributed by atoms with Crippen LogP contribution in [0.15, 0.2) is 109 Å². The van der Waals surface area contributed by atoms with Gasteiger partial charge in [0.05, 0.1) is 0 Å². The van der Waals surface area contributed by atoms with Gasteiger partial charge in [0.25, 0.3) is 0 Å². The predicted molar refractivity (Wildman–Crippen MR) is 279 cm³/mol. The molecule has 0 saturated carbocycles. The van der Waals surface area contributed by atoms with Gasteiger partial charge in [-0.25, -0.2) is 0 Å². The number of carbonyl (C=O) groups is 3. The minimum absolute atomic E-state index is 0.0993. The topological polar surface area (TPSA) is 78.9 Å². The molecule has 0 N–H and O–H groups in total. The standard InChI is InChI=1S/C59H96O6/c1-4-7-10-13-16-19-22-25-27-28-29-30-32-34-37-40-43-46-49-52-58(61)64-55-56(54-63-57(60)51-48-45-42-39-36-33-24-21-18-15-12-9-6-3)65-59(62)53-50-47-44-41-38-35-31-26-23-20-17-14-11-8-5-2/h7-8,10-12,15-17,19-21,24-27,29-31,56H,4-6,9,13-14,18,22-23,28,32-55H2,1-3H3/b10-7-,11-8-,15-12-,19-16-,20-17-,24-21-,27-25-,30-29-,31-26-. The number of allylic oxidation sites excluding steroid dienone is 18. The van der Waals surface area contributed by atoms with Gasteiger partial charge >= 0.3 is 17.9 Å². The van der Waals surface area contributed by atoms with Crippen molar-refractivity contribution in [3.05, 3.63) is 109 Å². The Balaban J connectivity index is 4.46. The summed E-state index contributed by atoms with van der Waals surface area (Å²) in [6.07, 6.45) is 70.7. The number of hydrogen-bond donors (Lipinski definition) is 0. The first-order valence-electron chi connectivity index (χ1n) is 26.4. The molecule has 0 aromatic heterocycles. The predicted octanol–water partition coefficient (Wildman–Crippen LogP) is 17.5. The summed E-state index contributed by atoms with van der Waals surface area (Å²) in [6, 6.07) is 0. The number of esters is 3. The number of ether oxygens (including phenoxy) is 3. The number of rotatable bonds is 46. The Hall–Kier alpha value is -3.93. The highest BCUT2D eigenvalue weighted by Crippen LogP contribution is 2.13. The molecular formula is C59H96O6. The van der Waals surface area contributed by atoms with Crippen LogP contribution >= 0.6 is 0 Å². The molecule has 0 aromatic carbocycles. The zero-order chi connectivity index (χ0) is 47.2. The summed E-state index contributed by atoms with van der Waals surface area (Å²) in [7, 11) is 0. The van der Waals surface area contributed by atoms with Crippen LogP contribution in [-0.2, 0) is 28.6 Å². The Morgan fingerprint density at radius 1 is 0.323 bits per heavy atom. The number of hydrogen-bond acceptors (Lipinski definition) is 6. The molecule has 0 amide bonds. The van der Waals surface area contributed by atoms with Gasteiger partial charge in [0.1, 0.15) is 13.2 Å². The van der Waals surface area contributed by atoms with E-state index < -0.39 is 6.10 Å². The first-order valence-corrected chi connectivity index (χ1v) is 26.4. The molecule has 0 radical (unpaired) electrons. The molecule has 0 heterocycles. The molecule has 0 saturated heterocycles. The third-order valence-corrected chi connectivity index (χ3v) is 10.7. The van der Waals surface area contributed by atoms with E-state index in [0.29, 0.717) is 19.3 Å². The largest absolute Gasteiger partial charge is 0.462 e. The second-order valence-electron chi connectivity index (χ2n) is 17.0. The van der Waals surface area contributed by atoms with Crippen molar-refractivity contribution in [3.8, 4) is 0 Å². The van der Waals surface area contributed by atoms with Crippen molar-refractivity contribution in [2.24, 2.45) is 0 Å². The SMILES string of the molecule is CC/C=C\C/C=C\C/C=C\C/C=C\CCCCCCCCC(=O)OCC(COC(=O)CCCCCCC/C=C\C/C=C\CCC)OC(=O)CCCCCCC/C=C\C/C=C\C/C=C\CC. The van der Waals surface area contributed by atoms with Crippen LogP contribution in [0.5, 0.6) is 0 Å². The molecule has 0 spiro atoms. The van der Waals surface area contributed by atoms with Crippen molar-refractivity contribution in [2.45, 2.75) is 232 Å². The lowest BCUT2D eigenvalue weighted by Gasteiger charge is -2.18. The molecule has 0 aromatic rings. The average molecular weight is 901 g/mol. The fraction of sp³-hybridized carbons (Fsp3) is 0.644. The normalized spacial score (nSPS) is 13.0. The maximum Gasteiger partial charge on any atom is 0.306 e. The summed E-state index contributed by atoms with van der Waals surface area (Å²) in [5, 5.41) is 0. The van der Waals surface area contributed by atoms with E-state index in [9.17, 15) is 14.4 Å². The number of carbonyl (C=O) groups excluding carboxylic acids is 3. The highest BCUT2D eigenvalue weighted by atomic mass is 16.6. The van der Waals surface area contributed by atoms with E-state index in [2.05, 4.69) is 130 Å². The third-order valence-electron chi connectivity index (χ3n) is 10.7. The van der Waals surface area contributed by atoms with Gasteiger partial charge in [-0.15, -0.1) is 0 Å². The molecule has 0 aliphatic rings. The van der Waals surface area contributed by atoms with E-state index in [0.717, 1.165) is 167 Å². The van der Waals surface area contributed by atoms with E-state index in [1.54, 1.807) is 0 Å². The van der Waals surface area contributed by atoms with Crippen LogP contribution in [0.2, 0.25) is 0 Å². The van der Waals surface area contributed by atoms with Crippen LogP contribution in [0, 0.1) is 0 Å². The van der Waals surface area contributed by atoms with Crippen molar-refractivity contribution in [2.75, 3.05) is 13.2 Å². The minimum Gasteiger partial charge on any atom is -0.462 e. The summed E-state index contributed by atoms with van der Waals surface area (Å²) in [5.41, 5.74) is 0. The fourth-order valence-electron chi connectivity index (χ4n) is 6.84. The quantitative estimate of drug-likeness (QED) is 0.0262. The summed E-state index contributed by atoms with van der Waals surface area (Å²) >= 11 is 0. The molecule has 6 heteroatoms. The first kappa shape index (κ1) is 61.1. The third kappa shape index (κ3) is 50.9. The van der Waals surface area contributed by atoms with Crippen LogP contribution in [0.3, 0.4) is 0 Å². The lowest BCUT2D eigenvalue weighted by atomic mass is 10.1. The molecule has 0 fully saturated rings. The lowest BCUT2D eigenvalue weighted by Crippen LogP contribution is -2.30. The summed E-state index contributed by atoms with van der Waals surface area (Å²) in [5.74, 6) is -0.948. The van der Waals surface area contributed by atoms with Gasteiger partial charge in [-0.05, 0) is 116 Å². The van der Waals surface area contributed by atoms with Gasteiger partial charge in [-0.2, -0.15) is 0 Å².